The van der Waals surface area contributed by atoms with Crippen molar-refractivity contribution in [3.05, 3.63) is 59.8 Å². The summed E-state index contributed by atoms with van der Waals surface area (Å²) in [5.74, 6) is 0. The van der Waals surface area contributed by atoms with Crippen LogP contribution >= 0.6 is 0 Å². The van der Waals surface area contributed by atoms with Crippen LogP contribution in [0.4, 0.5) is 13.2 Å². The number of sulfonamides is 1. The van der Waals surface area contributed by atoms with E-state index in [0.29, 0.717) is 5.56 Å². The van der Waals surface area contributed by atoms with Gasteiger partial charge in [0.2, 0.25) is 10.0 Å². The van der Waals surface area contributed by atoms with Gasteiger partial charge in [0.25, 0.3) is 0 Å². The number of halogens is 3. The number of benzene rings is 2. The summed E-state index contributed by atoms with van der Waals surface area (Å²) in [6, 6.07) is 10.4. The number of nitrogens with zero attached hydrogens (tertiary/aromatic N) is 2. The molecule has 3 rings (SSSR count). The number of aryl methyl sites for hydroxylation is 1. The zero-order valence-corrected chi connectivity index (χ0v) is 17.3. The lowest BCUT2D eigenvalue weighted by Crippen LogP contribution is -2.17. The molecule has 0 aliphatic carbocycles. The number of rotatable bonds is 4. The van der Waals surface area contributed by atoms with Crippen molar-refractivity contribution in [2.75, 3.05) is 6.26 Å². The minimum Gasteiger partial charge on any atom is -0.232 e. The monoisotopic (exact) mass is 459 g/mol. The molecule has 0 bridgehead atoms. The zero-order valence-electron chi connectivity index (χ0n) is 15.7. The lowest BCUT2D eigenvalue weighted by atomic mass is 10.1. The molecule has 0 amide bonds. The van der Waals surface area contributed by atoms with Crippen LogP contribution in [-0.4, -0.2) is 32.9 Å². The molecule has 3 aromatic rings. The van der Waals surface area contributed by atoms with Crippen molar-refractivity contribution in [1.29, 1.82) is 0 Å². The summed E-state index contributed by atoms with van der Waals surface area (Å²) in [5.41, 5.74) is 0.0753. The maximum Gasteiger partial charge on any atom is 0.435 e. The summed E-state index contributed by atoms with van der Waals surface area (Å²) in [6.07, 6.45) is -3.98. The Bertz CT molecular complexity index is 1330. The molecule has 0 saturated heterocycles. The van der Waals surface area contributed by atoms with Crippen molar-refractivity contribution in [2.24, 2.45) is 5.14 Å². The molecule has 0 saturated carbocycles. The van der Waals surface area contributed by atoms with Gasteiger partial charge >= 0.3 is 6.18 Å². The SMILES string of the molecule is Cc1ccc(-c2cc(C(F)(F)F)nn2-c2ccc(S(N)(=O)=O)c(S(C)(=O)=O)c2)cc1. The predicted molar refractivity (Wildman–Crippen MR) is 103 cm³/mol. The molecule has 0 aliphatic rings. The summed E-state index contributed by atoms with van der Waals surface area (Å²) in [5, 5.41) is 8.66. The first-order valence-electron chi connectivity index (χ1n) is 8.29. The van der Waals surface area contributed by atoms with Gasteiger partial charge in [-0.1, -0.05) is 29.8 Å². The van der Waals surface area contributed by atoms with Gasteiger partial charge < -0.3 is 0 Å². The molecule has 0 aliphatic heterocycles. The van der Waals surface area contributed by atoms with Crippen LogP contribution in [0.5, 0.6) is 0 Å². The molecular weight excluding hydrogens is 443 g/mol. The molecule has 1 heterocycles. The lowest BCUT2D eigenvalue weighted by molar-refractivity contribution is -0.141. The standard InChI is InChI=1S/C18H16F3N3O4S2/c1-11-3-5-12(6-4-11)14-10-17(18(19,20)21)23-24(14)13-7-8-15(30(22,27)28)16(9-13)29(2,25)26/h3-10H,1-2H3,(H2,22,27,28). The first-order valence-corrected chi connectivity index (χ1v) is 11.7. The Kier molecular flexibility index (Phi) is 5.29. The minimum atomic E-state index is -4.75. The van der Waals surface area contributed by atoms with E-state index in [1.807, 2.05) is 6.92 Å². The van der Waals surface area contributed by atoms with E-state index in [4.69, 9.17) is 5.14 Å². The normalized spacial score (nSPS) is 12.9. The fourth-order valence-electron chi connectivity index (χ4n) is 2.80. The van der Waals surface area contributed by atoms with Gasteiger partial charge in [-0.05, 0) is 31.2 Å². The zero-order chi connectivity index (χ0) is 22.5. The van der Waals surface area contributed by atoms with E-state index in [0.717, 1.165) is 40.8 Å². The van der Waals surface area contributed by atoms with Crippen molar-refractivity contribution in [2.45, 2.75) is 22.9 Å². The number of alkyl halides is 3. The summed E-state index contributed by atoms with van der Waals surface area (Å²) < 4.78 is 88.5. The van der Waals surface area contributed by atoms with Gasteiger partial charge in [0.1, 0.15) is 4.90 Å². The molecule has 0 unspecified atom stereocenters. The third-order valence-electron chi connectivity index (χ3n) is 4.22. The van der Waals surface area contributed by atoms with Crippen LogP contribution in [0.25, 0.3) is 16.9 Å². The third kappa shape index (κ3) is 4.40. The summed E-state index contributed by atoms with van der Waals surface area (Å²) in [4.78, 5) is -1.30. The molecule has 0 radical (unpaired) electrons. The number of sulfone groups is 1. The van der Waals surface area contributed by atoms with Crippen molar-refractivity contribution in [3.8, 4) is 16.9 Å². The molecule has 2 aromatic carbocycles. The van der Waals surface area contributed by atoms with Crippen LogP contribution in [0.2, 0.25) is 0 Å². The highest BCUT2D eigenvalue weighted by Gasteiger charge is 2.35. The molecule has 1 aromatic heterocycles. The number of aromatic nitrogens is 2. The summed E-state index contributed by atoms with van der Waals surface area (Å²) in [6.45, 7) is 1.81. The van der Waals surface area contributed by atoms with E-state index in [2.05, 4.69) is 5.10 Å². The van der Waals surface area contributed by atoms with E-state index in [1.165, 1.54) is 0 Å². The average molecular weight is 459 g/mol. The van der Waals surface area contributed by atoms with Crippen LogP contribution in [0.15, 0.2) is 58.3 Å². The minimum absolute atomic E-state index is 0.0464. The highest BCUT2D eigenvalue weighted by atomic mass is 32.2. The van der Waals surface area contributed by atoms with E-state index < -0.39 is 41.5 Å². The van der Waals surface area contributed by atoms with Crippen molar-refractivity contribution in [1.82, 2.24) is 9.78 Å². The van der Waals surface area contributed by atoms with Crippen LogP contribution in [0.3, 0.4) is 0 Å². The number of hydrogen-bond donors (Lipinski definition) is 1. The molecule has 30 heavy (non-hydrogen) atoms. The number of nitrogens with two attached hydrogens (primary N) is 1. The number of primary sulfonamides is 1. The first kappa shape index (κ1) is 22.0. The maximum absolute atomic E-state index is 13.3. The van der Waals surface area contributed by atoms with Gasteiger partial charge in [-0.15, -0.1) is 0 Å². The van der Waals surface area contributed by atoms with E-state index in [9.17, 15) is 30.0 Å². The fourth-order valence-corrected chi connectivity index (χ4v) is 4.97. The Morgan fingerprint density at radius 1 is 0.933 bits per heavy atom. The molecule has 12 heteroatoms. The Morgan fingerprint density at radius 2 is 1.53 bits per heavy atom. The maximum atomic E-state index is 13.3. The second-order valence-electron chi connectivity index (χ2n) is 6.64. The molecule has 160 valence electrons. The summed E-state index contributed by atoms with van der Waals surface area (Å²) in [7, 11) is -8.46. The highest BCUT2D eigenvalue weighted by molar-refractivity contribution is 7.93. The Hall–Kier alpha value is -2.70. The number of hydrogen-bond acceptors (Lipinski definition) is 5. The molecule has 0 fully saturated rings. The fraction of sp³-hybridized carbons (Fsp3) is 0.167. The van der Waals surface area contributed by atoms with Gasteiger partial charge in [0.15, 0.2) is 15.5 Å². The largest absolute Gasteiger partial charge is 0.435 e. The van der Waals surface area contributed by atoms with Crippen LogP contribution in [0, 0.1) is 6.92 Å². The third-order valence-corrected chi connectivity index (χ3v) is 6.46. The smallest absolute Gasteiger partial charge is 0.232 e. The van der Waals surface area contributed by atoms with Crippen molar-refractivity contribution in [3.63, 3.8) is 0 Å². The molecule has 0 spiro atoms. The average Bonchev–Trinajstić information content (AvgIpc) is 3.06. The molecular formula is C18H16F3N3O4S2. The van der Waals surface area contributed by atoms with Crippen molar-refractivity contribution < 1.29 is 30.0 Å². The van der Waals surface area contributed by atoms with Gasteiger partial charge in [-0.25, -0.2) is 26.7 Å². The highest BCUT2D eigenvalue weighted by Crippen LogP contribution is 2.34. The van der Waals surface area contributed by atoms with Crippen molar-refractivity contribution >= 4 is 19.9 Å². The van der Waals surface area contributed by atoms with Gasteiger partial charge in [-0.3, -0.25) is 0 Å². The van der Waals surface area contributed by atoms with E-state index in [1.54, 1.807) is 24.3 Å². The first-order chi connectivity index (χ1) is 13.7. The van der Waals surface area contributed by atoms with Crippen LogP contribution < -0.4 is 5.14 Å². The lowest BCUT2D eigenvalue weighted by Gasteiger charge is -2.12. The Balaban J connectivity index is 2.32. The predicted octanol–water partition coefficient (Wildman–Crippen LogP) is 2.92. The molecule has 0 atom stereocenters. The van der Waals surface area contributed by atoms with Crippen LogP contribution in [0.1, 0.15) is 11.3 Å². The van der Waals surface area contributed by atoms with Gasteiger partial charge in [0, 0.05) is 11.8 Å². The van der Waals surface area contributed by atoms with Gasteiger partial charge in [0.05, 0.1) is 16.3 Å². The Labute approximate surface area is 170 Å². The summed E-state index contributed by atoms with van der Waals surface area (Å²) >= 11 is 0. The van der Waals surface area contributed by atoms with Crippen LogP contribution in [-0.2, 0) is 26.0 Å². The second-order valence-corrected chi connectivity index (χ2v) is 10.2. The van der Waals surface area contributed by atoms with E-state index in [-0.39, 0.29) is 11.4 Å². The van der Waals surface area contributed by atoms with Gasteiger partial charge in [-0.2, -0.15) is 18.3 Å². The molecule has 2 N–H and O–H groups in total. The second kappa shape index (κ2) is 7.22. The quantitative estimate of drug-likeness (QED) is 0.645. The molecule has 7 nitrogen and oxygen atoms in total. The Morgan fingerprint density at radius 3 is 2.03 bits per heavy atom. The van der Waals surface area contributed by atoms with E-state index >= 15 is 0 Å². The topological polar surface area (TPSA) is 112 Å².